The van der Waals surface area contributed by atoms with Crippen molar-refractivity contribution in [3.05, 3.63) is 78.1 Å². The fraction of sp³-hybridized carbons (Fsp3) is 0.276. The number of nitrogens with zero attached hydrogens (tertiary/aromatic N) is 2. The second-order valence-corrected chi connectivity index (χ2v) is 8.94. The van der Waals surface area contributed by atoms with E-state index in [1.807, 2.05) is 53.4 Å². The molecule has 1 fully saturated rings. The van der Waals surface area contributed by atoms with Crippen LogP contribution >= 0.6 is 0 Å². The molecule has 1 aliphatic heterocycles. The molecule has 3 aromatic carbocycles. The van der Waals surface area contributed by atoms with Crippen molar-refractivity contribution < 1.29 is 18.7 Å². The van der Waals surface area contributed by atoms with Crippen LogP contribution in [0.4, 0.5) is 10.1 Å². The zero-order chi connectivity index (χ0) is 25.1. The molecule has 0 unspecified atom stereocenters. The topological polar surface area (TPSA) is 57.8 Å². The van der Waals surface area contributed by atoms with Gasteiger partial charge in [0, 0.05) is 49.2 Å². The minimum absolute atomic E-state index is 0.112. The van der Waals surface area contributed by atoms with Gasteiger partial charge in [-0.15, -0.1) is 0 Å². The highest BCUT2D eigenvalue weighted by molar-refractivity contribution is 5.91. The van der Waals surface area contributed by atoms with E-state index >= 15 is 0 Å². The van der Waals surface area contributed by atoms with Crippen molar-refractivity contribution in [2.75, 3.05) is 45.3 Å². The van der Waals surface area contributed by atoms with Crippen molar-refractivity contribution in [2.24, 2.45) is 0 Å². The van der Waals surface area contributed by atoms with Gasteiger partial charge in [0.2, 0.25) is 5.91 Å². The molecular formula is C29H30FN3O3. The Hall–Kier alpha value is -4.00. The van der Waals surface area contributed by atoms with Gasteiger partial charge >= 0.3 is 0 Å². The van der Waals surface area contributed by atoms with Crippen LogP contribution in [-0.2, 0) is 11.2 Å². The number of anilines is 1. The minimum atomic E-state index is -0.289. The van der Waals surface area contributed by atoms with Crippen LogP contribution in [0.5, 0.6) is 11.5 Å². The number of hydrogen-bond donors (Lipinski definition) is 1. The number of rotatable bonds is 7. The number of carbonyl (C=O) groups is 1. The molecule has 1 aromatic heterocycles. The second-order valence-electron chi connectivity index (χ2n) is 8.94. The van der Waals surface area contributed by atoms with Crippen LogP contribution in [0, 0.1) is 5.82 Å². The molecule has 7 heteroatoms. The maximum Gasteiger partial charge on any atom is 0.223 e. The summed E-state index contributed by atoms with van der Waals surface area (Å²) in [6.45, 7) is 2.82. The molecule has 5 rings (SSSR count). The average Bonchev–Trinajstić information content (AvgIpc) is 3.29. The maximum atomic E-state index is 14.1. The molecule has 6 nitrogen and oxygen atoms in total. The number of nitrogens with one attached hydrogen (secondary N) is 1. The molecule has 0 radical (unpaired) electrons. The lowest BCUT2D eigenvalue weighted by molar-refractivity contribution is -0.131. The summed E-state index contributed by atoms with van der Waals surface area (Å²) in [5, 5.41) is 0.814. The summed E-state index contributed by atoms with van der Waals surface area (Å²) in [5.41, 5.74) is 4.75. The summed E-state index contributed by atoms with van der Waals surface area (Å²) in [6, 6.07) is 20.5. The first-order valence-corrected chi connectivity index (χ1v) is 12.2. The molecule has 0 atom stereocenters. The molecule has 1 amide bonds. The Morgan fingerprint density at radius 1 is 0.944 bits per heavy atom. The molecule has 186 valence electrons. The van der Waals surface area contributed by atoms with Gasteiger partial charge in [-0.1, -0.05) is 12.1 Å². The van der Waals surface area contributed by atoms with Crippen molar-refractivity contribution >= 4 is 22.5 Å². The Bertz CT molecular complexity index is 1360. The summed E-state index contributed by atoms with van der Waals surface area (Å²) in [7, 11) is 3.31. The third-order valence-corrected chi connectivity index (χ3v) is 6.89. The Balaban J connectivity index is 1.31. The van der Waals surface area contributed by atoms with E-state index in [1.54, 1.807) is 26.4 Å². The number of piperazine rings is 1. The molecular weight excluding hydrogens is 457 g/mol. The monoisotopic (exact) mass is 487 g/mol. The van der Waals surface area contributed by atoms with Crippen LogP contribution in [0.25, 0.3) is 22.2 Å². The molecule has 0 saturated carbocycles. The van der Waals surface area contributed by atoms with E-state index in [0.717, 1.165) is 58.0 Å². The van der Waals surface area contributed by atoms with Crippen LogP contribution in [0.3, 0.4) is 0 Å². The largest absolute Gasteiger partial charge is 0.497 e. The fourth-order valence-corrected chi connectivity index (χ4v) is 4.96. The number of carbonyl (C=O) groups excluding carboxylic acids is 1. The van der Waals surface area contributed by atoms with E-state index < -0.39 is 0 Å². The van der Waals surface area contributed by atoms with Crippen molar-refractivity contribution in [1.82, 2.24) is 9.88 Å². The van der Waals surface area contributed by atoms with E-state index in [4.69, 9.17) is 9.47 Å². The number of halogens is 1. The zero-order valence-electron chi connectivity index (χ0n) is 20.6. The van der Waals surface area contributed by atoms with Gasteiger partial charge in [-0.25, -0.2) is 4.39 Å². The number of aromatic nitrogens is 1. The first kappa shape index (κ1) is 23.7. The number of aryl methyl sites for hydroxylation is 1. The first-order valence-electron chi connectivity index (χ1n) is 12.2. The molecule has 0 bridgehead atoms. The quantitative estimate of drug-likeness (QED) is 0.386. The third kappa shape index (κ3) is 4.73. The van der Waals surface area contributed by atoms with Gasteiger partial charge in [0.15, 0.2) is 0 Å². The maximum absolute atomic E-state index is 14.1. The number of aromatic amines is 1. The second kappa shape index (κ2) is 10.3. The van der Waals surface area contributed by atoms with E-state index in [9.17, 15) is 9.18 Å². The number of benzene rings is 3. The molecule has 36 heavy (non-hydrogen) atoms. The number of amides is 1. The molecule has 1 saturated heterocycles. The highest BCUT2D eigenvalue weighted by atomic mass is 19.1. The van der Waals surface area contributed by atoms with Crippen LogP contribution in [0.1, 0.15) is 12.0 Å². The molecule has 1 N–H and O–H groups in total. The van der Waals surface area contributed by atoms with Crippen molar-refractivity contribution in [3.8, 4) is 22.8 Å². The van der Waals surface area contributed by atoms with Crippen LogP contribution in [-0.4, -0.2) is 56.2 Å². The number of fused-ring (bicyclic) bond motifs is 1. The Morgan fingerprint density at radius 3 is 2.42 bits per heavy atom. The van der Waals surface area contributed by atoms with Gasteiger partial charge < -0.3 is 24.3 Å². The normalized spacial score (nSPS) is 13.8. The van der Waals surface area contributed by atoms with Gasteiger partial charge in [-0.3, -0.25) is 4.79 Å². The zero-order valence-corrected chi connectivity index (χ0v) is 20.6. The predicted molar refractivity (Wildman–Crippen MR) is 140 cm³/mol. The number of H-pyrrole nitrogens is 1. The van der Waals surface area contributed by atoms with Gasteiger partial charge in [-0.2, -0.15) is 0 Å². The van der Waals surface area contributed by atoms with Gasteiger partial charge in [0.1, 0.15) is 17.3 Å². The molecule has 4 aromatic rings. The van der Waals surface area contributed by atoms with Crippen molar-refractivity contribution in [1.29, 1.82) is 0 Å². The molecule has 2 heterocycles. The lowest BCUT2D eigenvalue weighted by Gasteiger charge is -2.36. The van der Waals surface area contributed by atoms with Crippen LogP contribution in [0.15, 0.2) is 66.7 Å². The Morgan fingerprint density at radius 2 is 1.69 bits per heavy atom. The number of methoxy groups -OCH3 is 2. The summed E-state index contributed by atoms with van der Waals surface area (Å²) >= 11 is 0. The number of ether oxygens (including phenoxy) is 2. The van der Waals surface area contributed by atoms with E-state index in [0.29, 0.717) is 25.9 Å². The Labute approximate surface area is 210 Å². The highest BCUT2D eigenvalue weighted by Gasteiger charge is 2.24. The van der Waals surface area contributed by atoms with Crippen LogP contribution in [0.2, 0.25) is 0 Å². The van der Waals surface area contributed by atoms with Gasteiger partial charge in [0.25, 0.3) is 0 Å². The predicted octanol–water partition coefficient (Wildman–Crippen LogP) is 5.27. The average molecular weight is 488 g/mol. The minimum Gasteiger partial charge on any atom is -0.497 e. The van der Waals surface area contributed by atoms with Crippen molar-refractivity contribution in [2.45, 2.75) is 12.8 Å². The molecule has 0 aliphatic carbocycles. The smallest absolute Gasteiger partial charge is 0.223 e. The van der Waals surface area contributed by atoms with E-state index in [1.165, 1.54) is 6.07 Å². The fourth-order valence-electron chi connectivity index (χ4n) is 4.96. The van der Waals surface area contributed by atoms with E-state index in [-0.39, 0.29) is 11.7 Å². The number of hydrogen-bond acceptors (Lipinski definition) is 4. The molecule has 1 aliphatic rings. The number of para-hydroxylation sites is 2. The SMILES string of the molecule is COc1ccc(-c2[nH]c3ccc(F)cc3c2CCC(=O)N2CCN(c3ccccc3OC)CC2)cc1. The first-order chi connectivity index (χ1) is 17.6. The third-order valence-electron chi connectivity index (χ3n) is 6.89. The van der Waals surface area contributed by atoms with Gasteiger partial charge in [-0.05, 0) is 72.1 Å². The summed E-state index contributed by atoms with van der Waals surface area (Å²) in [6.07, 6.45) is 0.887. The molecule has 0 spiro atoms. The summed E-state index contributed by atoms with van der Waals surface area (Å²) < 4.78 is 24.9. The van der Waals surface area contributed by atoms with Crippen LogP contribution < -0.4 is 14.4 Å². The lowest BCUT2D eigenvalue weighted by Crippen LogP contribution is -2.48. The van der Waals surface area contributed by atoms with E-state index in [2.05, 4.69) is 9.88 Å². The lowest BCUT2D eigenvalue weighted by atomic mass is 10.0. The van der Waals surface area contributed by atoms with Gasteiger partial charge in [0.05, 0.1) is 19.9 Å². The Kier molecular flexibility index (Phi) is 6.80. The summed E-state index contributed by atoms with van der Waals surface area (Å²) in [4.78, 5) is 20.8. The standard InChI is InChI=1S/C29H30FN3O3/c1-35-22-10-7-20(8-11-22)29-23(24-19-21(30)9-13-25(24)31-29)12-14-28(34)33-17-15-32(16-18-33)26-5-3-4-6-27(26)36-2/h3-11,13,19,31H,12,14-18H2,1-2H3. The summed E-state index contributed by atoms with van der Waals surface area (Å²) in [5.74, 6) is 1.43. The highest BCUT2D eigenvalue weighted by Crippen LogP contribution is 2.33. The van der Waals surface area contributed by atoms with Crippen molar-refractivity contribution in [3.63, 3.8) is 0 Å².